The Bertz CT molecular complexity index is 362. The molecule has 0 aromatic heterocycles. The van der Waals surface area contributed by atoms with Gasteiger partial charge in [0.05, 0.1) is 7.11 Å². The molecule has 0 spiro atoms. The van der Waals surface area contributed by atoms with E-state index in [-0.39, 0.29) is 0 Å². The van der Waals surface area contributed by atoms with Gasteiger partial charge in [-0.3, -0.25) is 0 Å². The highest BCUT2D eigenvalue weighted by Crippen LogP contribution is 2.28. The van der Waals surface area contributed by atoms with Gasteiger partial charge < -0.3 is 10.1 Å². The molecule has 1 N–H and O–H groups in total. The van der Waals surface area contributed by atoms with Gasteiger partial charge in [0.25, 0.3) is 0 Å². The van der Waals surface area contributed by atoms with E-state index < -0.39 is 0 Å². The minimum Gasteiger partial charge on any atom is -0.496 e. The van der Waals surface area contributed by atoms with Crippen molar-refractivity contribution in [2.75, 3.05) is 13.7 Å². The van der Waals surface area contributed by atoms with Gasteiger partial charge in [-0.15, -0.1) is 6.58 Å². The molecule has 2 nitrogen and oxygen atoms in total. The fourth-order valence-electron chi connectivity index (χ4n) is 2.38. The quantitative estimate of drug-likeness (QED) is 0.495. The normalized spacial score (nSPS) is 12.1. The molecule has 0 bridgehead atoms. The van der Waals surface area contributed by atoms with E-state index >= 15 is 0 Å². The Balaban J connectivity index is 2.57. The Kier molecular flexibility index (Phi) is 7.99. The highest BCUT2D eigenvalue weighted by Gasteiger charge is 2.14. The lowest BCUT2D eigenvalue weighted by molar-refractivity contribution is 0.393. The number of nitrogens with one attached hydrogen (secondary N) is 1. The highest BCUT2D eigenvalue weighted by molar-refractivity contribution is 5.35. The first-order chi connectivity index (χ1) is 9.33. The predicted octanol–water partition coefficient (Wildman–Crippen LogP) is 4.48. The number of allylic oxidation sites excluding steroid dienone is 1. The van der Waals surface area contributed by atoms with Gasteiger partial charge in [0.1, 0.15) is 5.75 Å². The summed E-state index contributed by atoms with van der Waals surface area (Å²) in [5.41, 5.74) is 1.27. The maximum absolute atomic E-state index is 5.46. The molecule has 0 radical (unpaired) electrons. The summed E-state index contributed by atoms with van der Waals surface area (Å²) in [6.45, 7) is 6.90. The molecule has 0 amide bonds. The zero-order valence-electron chi connectivity index (χ0n) is 12.3. The van der Waals surface area contributed by atoms with E-state index in [1.54, 1.807) is 7.11 Å². The van der Waals surface area contributed by atoms with Crippen LogP contribution in [0.3, 0.4) is 0 Å². The van der Waals surface area contributed by atoms with Crippen molar-refractivity contribution in [2.45, 2.75) is 45.1 Å². The van der Waals surface area contributed by atoms with Crippen molar-refractivity contribution < 1.29 is 4.74 Å². The second-order valence-corrected chi connectivity index (χ2v) is 4.78. The lowest BCUT2D eigenvalue weighted by Crippen LogP contribution is -2.21. The smallest absolute Gasteiger partial charge is 0.123 e. The van der Waals surface area contributed by atoms with Gasteiger partial charge in [-0.2, -0.15) is 0 Å². The standard InChI is InChI=1S/C17H27NO/c1-4-6-7-8-9-13-16(18-5-2)15-12-10-11-14-17(15)19-3/h4,10-12,14,16,18H,1,5-9,13H2,2-3H3. The van der Waals surface area contributed by atoms with E-state index in [9.17, 15) is 0 Å². The third-order valence-corrected chi connectivity index (χ3v) is 3.37. The molecule has 0 aliphatic carbocycles. The Labute approximate surface area is 117 Å². The monoisotopic (exact) mass is 261 g/mol. The van der Waals surface area contributed by atoms with Gasteiger partial charge >= 0.3 is 0 Å². The van der Waals surface area contributed by atoms with Crippen molar-refractivity contribution in [1.29, 1.82) is 0 Å². The first-order valence-electron chi connectivity index (χ1n) is 7.30. The minimum atomic E-state index is 0.393. The van der Waals surface area contributed by atoms with E-state index in [2.05, 4.69) is 31.0 Å². The lowest BCUT2D eigenvalue weighted by atomic mass is 9.99. The fraction of sp³-hybridized carbons (Fsp3) is 0.529. The minimum absolute atomic E-state index is 0.393. The van der Waals surface area contributed by atoms with E-state index in [4.69, 9.17) is 4.74 Å². The Morgan fingerprint density at radius 2 is 2.05 bits per heavy atom. The molecule has 0 saturated heterocycles. The summed E-state index contributed by atoms with van der Waals surface area (Å²) in [5, 5.41) is 3.56. The van der Waals surface area contributed by atoms with Crippen LogP contribution in [0, 0.1) is 0 Å². The number of hydrogen-bond acceptors (Lipinski definition) is 2. The maximum atomic E-state index is 5.46. The van der Waals surface area contributed by atoms with Crippen molar-refractivity contribution in [1.82, 2.24) is 5.32 Å². The number of hydrogen-bond donors (Lipinski definition) is 1. The van der Waals surface area contributed by atoms with Crippen LogP contribution in [0.5, 0.6) is 5.75 Å². The third kappa shape index (κ3) is 5.48. The van der Waals surface area contributed by atoms with Crippen LogP contribution in [0.1, 0.15) is 50.6 Å². The largest absolute Gasteiger partial charge is 0.496 e. The van der Waals surface area contributed by atoms with Crippen molar-refractivity contribution in [3.05, 3.63) is 42.5 Å². The van der Waals surface area contributed by atoms with Crippen LogP contribution in [-0.2, 0) is 0 Å². The summed E-state index contributed by atoms with van der Waals surface area (Å²) in [5.74, 6) is 0.986. The molecule has 2 heteroatoms. The first kappa shape index (κ1) is 15.8. The third-order valence-electron chi connectivity index (χ3n) is 3.37. The lowest BCUT2D eigenvalue weighted by Gasteiger charge is -2.20. The van der Waals surface area contributed by atoms with E-state index in [0.717, 1.165) is 25.1 Å². The number of para-hydroxylation sites is 1. The number of methoxy groups -OCH3 is 1. The van der Waals surface area contributed by atoms with Crippen molar-refractivity contribution in [2.24, 2.45) is 0 Å². The number of unbranched alkanes of at least 4 members (excludes halogenated alkanes) is 3. The van der Waals surface area contributed by atoms with Crippen molar-refractivity contribution >= 4 is 0 Å². The van der Waals surface area contributed by atoms with Crippen LogP contribution in [0.25, 0.3) is 0 Å². The molecular formula is C17H27NO. The SMILES string of the molecule is C=CCCCCCC(NCC)c1ccccc1OC. The molecule has 1 rings (SSSR count). The maximum Gasteiger partial charge on any atom is 0.123 e. The molecule has 1 aromatic rings. The van der Waals surface area contributed by atoms with Gasteiger partial charge in [0.2, 0.25) is 0 Å². The zero-order chi connectivity index (χ0) is 13.9. The summed E-state index contributed by atoms with van der Waals surface area (Å²) >= 11 is 0. The average molecular weight is 261 g/mol. The molecule has 1 aromatic carbocycles. The molecule has 0 saturated carbocycles. The molecule has 1 unspecified atom stereocenters. The summed E-state index contributed by atoms with van der Waals surface area (Å²) in [4.78, 5) is 0. The average Bonchev–Trinajstić information content (AvgIpc) is 2.46. The van der Waals surface area contributed by atoms with Gasteiger partial charge in [-0.25, -0.2) is 0 Å². The molecular weight excluding hydrogens is 234 g/mol. The Morgan fingerprint density at radius 1 is 1.26 bits per heavy atom. The topological polar surface area (TPSA) is 21.3 Å². The predicted molar refractivity (Wildman–Crippen MR) is 82.7 cm³/mol. The molecule has 0 heterocycles. The van der Waals surface area contributed by atoms with Crippen LogP contribution < -0.4 is 10.1 Å². The first-order valence-corrected chi connectivity index (χ1v) is 7.30. The molecule has 0 aliphatic rings. The molecule has 106 valence electrons. The van der Waals surface area contributed by atoms with Crippen LogP contribution in [-0.4, -0.2) is 13.7 Å². The van der Waals surface area contributed by atoms with Crippen LogP contribution in [0.2, 0.25) is 0 Å². The zero-order valence-corrected chi connectivity index (χ0v) is 12.3. The fourth-order valence-corrected chi connectivity index (χ4v) is 2.38. The van der Waals surface area contributed by atoms with Gasteiger partial charge in [-0.1, -0.05) is 44.0 Å². The second kappa shape index (κ2) is 9.62. The number of rotatable bonds is 10. The van der Waals surface area contributed by atoms with Gasteiger partial charge in [0, 0.05) is 11.6 Å². The highest BCUT2D eigenvalue weighted by atomic mass is 16.5. The van der Waals surface area contributed by atoms with E-state index in [1.807, 2.05) is 18.2 Å². The van der Waals surface area contributed by atoms with Gasteiger partial charge in [-0.05, 0) is 31.9 Å². The van der Waals surface area contributed by atoms with E-state index in [1.165, 1.54) is 24.8 Å². The van der Waals surface area contributed by atoms with Crippen molar-refractivity contribution in [3.8, 4) is 5.75 Å². The Morgan fingerprint density at radius 3 is 2.74 bits per heavy atom. The molecule has 1 atom stereocenters. The van der Waals surface area contributed by atoms with Crippen molar-refractivity contribution in [3.63, 3.8) is 0 Å². The molecule has 19 heavy (non-hydrogen) atoms. The second-order valence-electron chi connectivity index (χ2n) is 4.78. The summed E-state index contributed by atoms with van der Waals surface area (Å²) < 4.78 is 5.46. The molecule has 0 aliphatic heterocycles. The summed E-state index contributed by atoms with van der Waals surface area (Å²) in [6, 6.07) is 8.70. The summed E-state index contributed by atoms with van der Waals surface area (Å²) in [6.07, 6.45) is 8.04. The van der Waals surface area contributed by atoms with Gasteiger partial charge in [0.15, 0.2) is 0 Å². The number of benzene rings is 1. The number of ether oxygens (including phenoxy) is 1. The molecule has 0 fully saturated rings. The summed E-state index contributed by atoms with van der Waals surface area (Å²) in [7, 11) is 1.74. The van der Waals surface area contributed by atoms with Crippen LogP contribution in [0.15, 0.2) is 36.9 Å². The Hall–Kier alpha value is -1.28. The van der Waals surface area contributed by atoms with Crippen LogP contribution >= 0.6 is 0 Å². The van der Waals surface area contributed by atoms with E-state index in [0.29, 0.717) is 6.04 Å². The van der Waals surface area contributed by atoms with Crippen LogP contribution in [0.4, 0.5) is 0 Å².